The number of halogens is 2. The number of hydrogen-bond donors (Lipinski definition) is 2. The SMILES string of the molecule is N#C/C(=C/Nc1cccc(Cl)c1)C(=O)NCCCCl. The van der Waals surface area contributed by atoms with Crippen LogP contribution in [0.15, 0.2) is 36.0 Å². The van der Waals surface area contributed by atoms with Gasteiger partial charge in [0.15, 0.2) is 0 Å². The van der Waals surface area contributed by atoms with Gasteiger partial charge in [-0.15, -0.1) is 11.6 Å². The van der Waals surface area contributed by atoms with Crippen molar-refractivity contribution in [3.8, 4) is 6.07 Å². The molecule has 1 amide bonds. The van der Waals surface area contributed by atoms with Crippen LogP contribution in [0, 0.1) is 11.3 Å². The molecule has 0 aromatic heterocycles. The summed E-state index contributed by atoms with van der Waals surface area (Å²) in [6.07, 6.45) is 2.01. The number of hydrogen-bond acceptors (Lipinski definition) is 3. The van der Waals surface area contributed by atoms with Crippen LogP contribution in [-0.4, -0.2) is 18.3 Å². The smallest absolute Gasteiger partial charge is 0.263 e. The topological polar surface area (TPSA) is 64.9 Å². The maximum absolute atomic E-state index is 11.6. The Bertz CT molecular complexity index is 509. The molecule has 0 aliphatic carbocycles. The van der Waals surface area contributed by atoms with Crippen molar-refractivity contribution in [1.29, 1.82) is 5.26 Å². The van der Waals surface area contributed by atoms with Gasteiger partial charge in [0.25, 0.3) is 5.91 Å². The molecule has 19 heavy (non-hydrogen) atoms. The van der Waals surface area contributed by atoms with Crippen LogP contribution < -0.4 is 10.6 Å². The molecule has 0 heterocycles. The van der Waals surface area contributed by atoms with Crippen LogP contribution in [0.4, 0.5) is 5.69 Å². The number of nitrogens with one attached hydrogen (secondary N) is 2. The third-order valence-corrected chi connectivity index (χ3v) is 2.67. The lowest BCUT2D eigenvalue weighted by Gasteiger charge is -2.04. The first-order chi connectivity index (χ1) is 9.17. The Morgan fingerprint density at radius 2 is 2.26 bits per heavy atom. The van der Waals surface area contributed by atoms with Crippen molar-refractivity contribution in [3.05, 3.63) is 41.1 Å². The van der Waals surface area contributed by atoms with Crippen molar-refractivity contribution < 1.29 is 4.79 Å². The van der Waals surface area contributed by atoms with Gasteiger partial charge in [-0.1, -0.05) is 17.7 Å². The zero-order valence-corrected chi connectivity index (χ0v) is 11.6. The monoisotopic (exact) mass is 297 g/mol. The number of benzene rings is 1. The highest BCUT2D eigenvalue weighted by Crippen LogP contribution is 2.15. The van der Waals surface area contributed by atoms with Crippen molar-refractivity contribution in [3.63, 3.8) is 0 Å². The molecule has 0 saturated carbocycles. The minimum absolute atomic E-state index is 0.00505. The molecule has 0 atom stereocenters. The molecule has 0 fully saturated rings. The Labute approximate surface area is 122 Å². The van der Waals surface area contributed by atoms with E-state index >= 15 is 0 Å². The molecule has 0 spiro atoms. The van der Waals surface area contributed by atoms with Gasteiger partial charge >= 0.3 is 0 Å². The Kier molecular flexibility index (Phi) is 6.80. The Hall–Kier alpha value is -1.70. The van der Waals surface area contributed by atoms with Gasteiger partial charge in [0.05, 0.1) is 0 Å². The average molecular weight is 298 g/mol. The molecule has 0 radical (unpaired) electrons. The fourth-order valence-electron chi connectivity index (χ4n) is 1.25. The fourth-order valence-corrected chi connectivity index (χ4v) is 1.57. The van der Waals surface area contributed by atoms with Gasteiger partial charge < -0.3 is 10.6 Å². The summed E-state index contributed by atoms with van der Waals surface area (Å²) in [4.78, 5) is 11.6. The van der Waals surface area contributed by atoms with Gasteiger partial charge in [-0.3, -0.25) is 4.79 Å². The van der Waals surface area contributed by atoms with E-state index in [4.69, 9.17) is 28.5 Å². The highest BCUT2D eigenvalue weighted by atomic mass is 35.5. The van der Waals surface area contributed by atoms with Crippen LogP contribution in [0.3, 0.4) is 0 Å². The third-order valence-electron chi connectivity index (χ3n) is 2.17. The minimum Gasteiger partial charge on any atom is -0.360 e. The molecule has 0 aliphatic heterocycles. The van der Waals surface area contributed by atoms with Crippen molar-refractivity contribution >= 4 is 34.8 Å². The number of nitriles is 1. The molecule has 2 N–H and O–H groups in total. The number of nitrogens with zero attached hydrogens (tertiary/aromatic N) is 1. The van der Waals surface area contributed by atoms with Crippen LogP contribution in [0.5, 0.6) is 0 Å². The summed E-state index contributed by atoms with van der Waals surface area (Å²) >= 11 is 11.3. The first-order valence-electron chi connectivity index (χ1n) is 5.64. The predicted molar refractivity (Wildman–Crippen MR) is 77.1 cm³/mol. The maximum Gasteiger partial charge on any atom is 0.263 e. The average Bonchev–Trinajstić information content (AvgIpc) is 2.40. The molecule has 4 nitrogen and oxygen atoms in total. The van der Waals surface area contributed by atoms with Gasteiger partial charge in [-0.2, -0.15) is 5.26 Å². The molecule has 0 aliphatic rings. The minimum atomic E-state index is -0.429. The lowest BCUT2D eigenvalue weighted by Crippen LogP contribution is -2.26. The zero-order chi connectivity index (χ0) is 14.1. The summed E-state index contributed by atoms with van der Waals surface area (Å²) in [6, 6.07) is 8.81. The van der Waals surface area contributed by atoms with E-state index in [1.165, 1.54) is 6.20 Å². The predicted octanol–water partition coefficient (Wildman–Crippen LogP) is 2.90. The van der Waals surface area contributed by atoms with Crippen LogP contribution in [-0.2, 0) is 4.79 Å². The second-order valence-electron chi connectivity index (χ2n) is 3.62. The first kappa shape index (κ1) is 15.4. The normalized spacial score (nSPS) is 10.7. The van der Waals surface area contributed by atoms with Crippen molar-refractivity contribution in [2.45, 2.75) is 6.42 Å². The van der Waals surface area contributed by atoms with Crippen LogP contribution >= 0.6 is 23.2 Å². The Morgan fingerprint density at radius 1 is 1.47 bits per heavy atom. The third kappa shape index (κ3) is 5.64. The van der Waals surface area contributed by atoms with E-state index in [0.717, 1.165) is 0 Å². The van der Waals surface area contributed by atoms with E-state index in [1.54, 1.807) is 24.3 Å². The zero-order valence-electron chi connectivity index (χ0n) is 10.1. The van der Waals surface area contributed by atoms with E-state index in [2.05, 4.69) is 10.6 Å². The number of amides is 1. The summed E-state index contributed by atoms with van der Waals surface area (Å²) in [5.74, 6) is 0.0364. The summed E-state index contributed by atoms with van der Waals surface area (Å²) in [5, 5.41) is 14.9. The summed E-state index contributed by atoms with van der Waals surface area (Å²) in [6.45, 7) is 0.443. The number of carbonyl (C=O) groups is 1. The number of rotatable bonds is 6. The summed E-state index contributed by atoms with van der Waals surface area (Å²) in [7, 11) is 0. The molecule has 1 rings (SSSR count). The fraction of sp³-hybridized carbons (Fsp3) is 0.231. The molecule has 1 aromatic carbocycles. The molecule has 6 heteroatoms. The highest BCUT2D eigenvalue weighted by molar-refractivity contribution is 6.30. The van der Waals surface area contributed by atoms with Gasteiger partial charge in [-0.05, 0) is 24.6 Å². The van der Waals surface area contributed by atoms with E-state index < -0.39 is 5.91 Å². The second kappa shape index (κ2) is 8.41. The van der Waals surface area contributed by atoms with Crippen molar-refractivity contribution in [2.24, 2.45) is 0 Å². The molecule has 1 aromatic rings. The van der Waals surface area contributed by atoms with E-state index in [1.807, 2.05) is 6.07 Å². The lowest BCUT2D eigenvalue weighted by atomic mass is 10.2. The number of carbonyl (C=O) groups excluding carboxylic acids is 1. The molecule has 100 valence electrons. The molecular weight excluding hydrogens is 285 g/mol. The molecule has 0 bridgehead atoms. The molecule has 0 unspecified atom stereocenters. The number of anilines is 1. The summed E-state index contributed by atoms with van der Waals surface area (Å²) in [5.41, 5.74) is 0.698. The largest absolute Gasteiger partial charge is 0.360 e. The van der Waals surface area contributed by atoms with Gasteiger partial charge in [0.1, 0.15) is 11.6 Å². The van der Waals surface area contributed by atoms with Crippen molar-refractivity contribution in [2.75, 3.05) is 17.7 Å². The van der Waals surface area contributed by atoms with Crippen LogP contribution in [0.2, 0.25) is 5.02 Å². The number of alkyl halides is 1. The Balaban J connectivity index is 2.62. The standard InChI is InChI=1S/C13H13Cl2N3O/c14-5-2-6-17-13(19)10(8-16)9-18-12-4-1-3-11(15)7-12/h1,3-4,7,9,18H,2,5-6H2,(H,17,19)/b10-9-. The molecular formula is C13H13Cl2N3O. The van der Waals surface area contributed by atoms with Crippen LogP contribution in [0.25, 0.3) is 0 Å². The second-order valence-corrected chi connectivity index (χ2v) is 4.44. The van der Waals surface area contributed by atoms with E-state index in [0.29, 0.717) is 29.6 Å². The lowest BCUT2D eigenvalue weighted by molar-refractivity contribution is -0.117. The summed E-state index contributed by atoms with van der Waals surface area (Å²) < 4.78 is 0. The first-order valence-corrected chi connectivity index (χ1v) is 6.55. The van der Waals surface area contributed by atoms with Gasteiger partial charge in [-0.25, -0.2) is 0 Å². The van der Waals surface area contributed by atoms with Crippen molar-refractivity contribution in [1.82, 2.24) is 5.32 Å². The Morgan fingerprint density at radius 3 is 2.89 bits per heavy atom. The van der Waals surface area contributed by atoms with Gasteiger partial charge in [0, 0.05) is 29.3 Å². The quantitative estimate of drug-likeness (QED) is 0.367. The molecule has 0 saturated heterocycles. The van der Waals surface area contributed by atoms with E-state index in [9.17, 15) is 4.79 Å². The highest BCUT2D eigenvalue weighted by Gasteiger charge is 2.07. The van der Waals surface area contributed by atoms with Gasteiger partial charge in [0.2, 0.25) is 0 Å². The van der Waals surface area contributed by atoms with E-state index in [-0.39, 0.29) is 5.57 Å². The van der Waals surface area contributed by atoms with Crippen LogP contribution in [0.1, 0.15) is 6.42 Å². The maximum atomic E-state index is 11.6.